The van der Waals surface area contributed by atoms with E-state index in [9.17, 15) is 4.79 Å². The van der Waals surface area contributed by atoms with Gasteiger partial charge in [0.15, 0.2) is 0 Å². The van der Waals surface area contributed by atoms with Gasteiger partial charge in [-0.1, -0.05) is 6.07 Å². The normalized spacial score (nSPS) is 20.5. The highest BCUT2D eigenvalue weighted by molar-refractivity contribution is 7.12. The van der Waals surface area contributed by atoms with Crippen molar-refractivity contribution in [2.75, 3.05) is 20.1 Å². The van der Waals surface area contributed by atoms with Crippen molar-refractivity contribution >= 4 is 17.2 Å². The molecule has 94 valence electrons. The summed E-state index contributed by atoms with van der Waals surface area (Å²) in [6.07, 6.45) is 4.61. The van der Waals surface area contributed by atoms with E-state index in [0.29, 0.717) is 6.04 Å². The average molecular weight is 252 g/mol. The molecular formula is C13H20N2OS. The van der Waals surface area contributed by atoms with Crippen LogP contribution in [-0.2, 0) is 0 Å². The molecule has 1 amide bonds. The lowest BCUT2D eigenvalue weighted by Gasteiger charge is -2.35. The Hall–Kier alpha value is -0.870. The fourth-order valence-corrected chi connectivity index (χ4v) is 3.10. The summed E-state index contributed by atoms with van der Waals surface area (Å²) in [5.74, 6) is 0.223. The molecule has 1 fully saturated rings. The Morgan fingerprint density at radius 1 is 1.59 bits per heavy atom. The van der Waals surface area contributed by atoms with E-state index in [0.717, 1.165) is 37.2 Å². The van der Waals surface area contributed by atoms with Crippen LogP contribution in [-0.4, -0.2) is 37.0 Å². The third kappa shape index (κ3) is 3.07. The van der Waals surface area contributed by atoms with Gasteiger partial charge in [0.05, 0.1) is 4.88 Å². The van der Waals surface area contributed by atoms with Crippen molar-refractivity contribution < 1.29 is 4.79 Å². The molecule has 1 aliphatic heterocycles. The van der Waals surface area contributed by atoms with Gasteiger partial charge in [-0.3, -0.25) is 4.79 Å². The Morgan fingerprint density at radius 2 is 2.47 bits per heavy atom. The largest absolute Gasteiger partial charge is 0.335 e. The van der Waals surface area contributed by atoms with Gasteiger partial charge in [0.2, 0.25) is 0 Å². The smallest absolute Gasteiger partial charge is 0.264 e. The number of amides is 1. The molecule has 0 spiro atoms. The number of nitrogens with one attached hydrogen (secondary N) is 1. The average Bonchev–Trinajstić information content (AvgIpc) is 2.89. The van der Waals surface area contributed by atoms with Gasteiger partial charge in [-0.15, -0.1) is 11.3 Å². The van der Waals surface area contributed by atoms with E-state index >= 15 is 0 Å². The van der Waals surface area contributed by atoms with E-state index in [4.69, 9.17) is 0 Å². The predicted octanol–water partition coefficient (Wildman–Crippen LogP) is 2.35. The van der Waals surface area contributed by atoms with Crippen LogP contribution >= 0.6 is 11.3 Å². The van der Waals surface area contributed by atoms with Gasteiger partial charge >= 0.3 is 0 Å². The van der Waals surface area contributed by atoms with E-state index in [2.05, 4.69) is 10.2 Å². The van der Waals surface area contributed by atoms with Crippen LogP contribution in [0.2, 0.25) is 0 Å². The van der Waals surface area contributed by atoms with Crippen molar-refractivity contribution in [2.24, 2.45) is 0 Å². The number of piperidine rings is 1. The van der Waals surface area contributed by atoms with Crippen LogP contribution in [0.4, 0.5) is 0 Å². The molecular weight excluding hydrogens is 232 g/mol. The molecule has 4 heteroatoms. The predicted molar refractivity (Wildman–Crippen MR) is 71.5 cm³/mol. The molecule has 1 unspecified atom stereocenters. The molecule has 1 saturated heterocycles. The number of likely N-dealkylation sites (tertiary alicyclic amines) is 1. The number of rotatable bonds is 4. The van der Waals surface area contributed by atoms with Crippen LogP contribution < -0.4 is 5.32 Å². The van der Waals surface area contributed by atoms with Gasteiger partial charge < -0.3 is 10.2 Å². The zero-order chi connectivity index (χ0) is 12.1. The molecule has 1 aromatic heterocycles. The molecule has 1 aliphatic rings. The number of carbonyl (C=O) groups excluding carboxylic acids is 1. The molecule has 1 N–H and O–H groups in total. The summed E-state index contributed by atoms with van der Waals surface area (Å²) in [6, 6.07) is 4.30. The summed E-state index contributed by atoms with van der Waals surface area (Å²) in [6.45, 7) is 1.91. The van der Waals surface area contributed by atoms with Gasteiger partial charge in [-0.05, 0) is 50.7 Å². The fourth-order valence-electron chi connectivity index (χ4n) is 2.42. The minimum atomic E-state index is 0.223. The lowest BCUT2D eigenvalue weighted by Crippen LogP contribution is -2.44. The first kappa shape index (κ1) is 12.6. The van der Waals surface area contributed by atoms with Gasteiger partial charge in [0, 0.05) is 12.6 Å². The Kier molecular flexibility index (Phi) is 4.57. The summed E-state index contributed by atoms with van der Waals surface area (Å²) in [4.78, 5) is 15.3. The van der Waals surface area contributed by atoms with Crippen LogP contribution in [0.5, 0.6) is 0 Å². The maximum Gasteiger partial charge on any atom is 0.264 e. The van der Waals surface area contributed by atoms with Crippen molar-refractivity contribution in [3.05, 3.63) is 22.4 Å². The molecule has 0 radical (unpaired) electrons. The first-order valence-electron chi connectivity index (χ1n) is 6.32. The highest BCUT2D eigenvalue weighted by atomic mass is 32.1. The molecule has 0 aromatic carbocycles. The Balaban J connectivity index is 2.03. The van der Waals surface area contributed by atoms with E-state index < -0.39 is 0 Å². The van der Waals surface area contributed by atoms with Crippen molar-refractivity contribution in [3.8, 4) is 0 Å². The van der Waals surface area contributed by atoms with Crippen molar-refractivity contribution in [3.63, 3.8) is 0 Å². The summed E-state index contributed by atoms with van der Waals surface area (Å²) in [5, 5.41) is 5.15. The second kappa shape index (κ2) is 6.17. The van der Waals surface area contributed by atoms with Crippen LogP contribution in [0.15, 0.2) is 17.5 Å². The lowest BCUT2D eigenvalue weighted by atomic mass is 9.99. The fraction of sp³-hybridized carbons (Fsp3) is 0.615. The van der Waals surface area contributed by atoms with Crippen LogP contribution in [0.25, 0.3) is 0 Å². The van der Waals surface area contributed by atoms with Crippen molar-refractivity contribution in [2.45, 2.75) is 31.7 Å². The van der Waals surface area contributed by atoms with E-state index in [-0.39, 0.29) is 5.91 Å². The summed E-state index contributed by atoms with van der Waals surface area (Å²) in [5.41, 5.74) is 0. The molecule has 1 atom stereocenters. The lowest BCUT2D eigenvalue weighted by molar-refractivity contribution is 0.0607. The minimum Gasteiger partial charge on any atom is -0.335 e. The first-order chi connectivity index (χ1) is 8.33. The van der Waals surface area contributed by atoms with Crippen molar-refractivity contribution in [1.29, 1.82) is 0 Å². The van der Waals surface area contributed by atoms with Gasteiger partial charge in [0.25, 0.3) is 5.91 Å². The number of carbonyl (C=O) groups is 1. The quantitative estimate of drug-likeness (QED) is 0.892. The Labute approximate surface area is 107 Å². The van der Waals surface area contributed by atoms with E-state index in [1.807, 2.05) is 24.6 Å². The zero-order valence-electron chi connectivity index (χ0n) is 10.3. The Morgan fingerprint density at radius 3 is 3.18 bits per heavy atom. The molecule has 2 rings (SSSR count). The van der Waals surface area contributed by atoms with E-state index in [1.165, 1.54) is 6.42 Å². The molecule has 3 nitrogen and oxygen atoms in total. The monoisotopic (exact) mass is 252 g/mol. The van der Waals surface area contributed by atoms with Crippen LogP contribution in [0.1, 0.15) is 35.4 Å². The third-order valence-corrected chi connectivity index (χ3v) is 4.21. The van der Waals surface area contributed by atoms with Gasteiger partial charge in [0.1, 0.15) is 0 Å². The van der Waals surface area contributed by atoms with Crippen molar-refractivity contribution in [1.82, 2.24) is 10.2 Å². The topological polar surface area (TPSA) is 32.3 Å². The Bertz CT molecular complexity index is 350. The SMILES string of the molecule is CNCCC1CCCCN1C(=O)c1cccs1. The minimum absolute atomic E-state index is 0.223. The van der Waals surface area contributed by atoms with E-state index in [1.54, 1.807) is 11.3 Å². The molecule has 17 heavy (non-hydrogen) atoms. The summed E-state index contributed by atoms with van der Waals surface area (Å²) in [7, 11) is 1.97. The molecule has 0 aliphatic carbocycles. The second-order valence-electron chi connectivity index (χ2n) is 4.52. The number of hydrogen-bond donors (Lipinski definition) is 1. The van der Waals surface area contributed by atoms with Crippen LogP contribution in [0, 0.1) is 0 Å². The summed E-state index contributed by atoms with van der Waals surface area (Å²) < 4.78 is 0. The molecule has 0 bridgehead atoms. The first-order valence-corrected chi connectivity index (χ1v) is 7.20. The standard InChI is InChI=1S/C13H20N2OS/c1-14-8-7-11-5-2-3-9-15(11)13(16)12-6-4-10-17-12/h4,6,10-11,14H,2-3,5,7-9H2,1H3. The van der Waals surface area contributed by atoms with Gasteiger partial charge in [-0.25, -0.2) is 0 Å². The number of nitrogens with zero attached hydrogens (tertiary/aromatic N) is 1. The highest BCUT2D eigenvalue weighted by Crippen LogP contribution is 2.23. The maximum absolute atomic E-state index is 12.4. The second-order valence-corrected chi connectivity index (χ2v) is 5.47. The number of hydrogen-bond acceptors (Lipinski definition) is 3. The molecule has 1 aromatic rings. The third-order valence-electron chi connectivity index (χ3n) is 3.35. The molecule has 0 saturated carbocycles. The highest BCUT2D eigenvalue weighted by Gasteiger charge is 2.27. The van der Waals surface area contributed by atoms with Gasteiger partial charge in [-0.2, -0.15) is 0 Å². The molecule has 2 heterocycles. The van der Waals surface area contributed by atoms with Crippen LogP contribution in [0.3, 0.4) is 0 Å². The number of thiophene rings is 1. The maximum atomic E-state index is 12.4. The summed E-state index contributed by atoms with van der Waals surface area (Å²) >= 11 is 1.54. The zero-order valence-corrected chi connectivity index (χ0v) is 11.1.